The van der Waals surface area contributed by atoms with Crippen molar-refractivity contribution >= 4 is 0 Å². The molecule has 0 radical (unpaired) electrons. The summed E-state index contributed by atoms with van der Waals surface area (Å²) in [5.41, 5.74) is 1.23. The van der Waals surface area contributed by atoms with Crippen LogP contribution in [0, 0.1) is 0 Å². The monoisotopic (exact) mass is 242 g/mol. The molecule has 1 aromatic carbocycles. The van der Waals surface area contributed by atoms with Crippen molar-refractivity contribution < 1.29 is 18.6 Å². The maximum absolute atomic E-state index is 12.2. The zero-order chi connectivity index (χ0) is 12.8. The van der Waals surface area contributed by atoms with E-state index in [9.17, 15) is 13.9 Å². The van der Waals surface area contributed by atoms with E-state index in [4.69, 9.17) is 0 Å². The minimum absolute atomic E-state index is 0.0129. The average Bonchev–Trinajstić information content (AvgIpc) is 2.28. The van der Waals surface area contributed by atoms with Gasteiger partial charge in [-0.05, 0) is 18.9 Å². The van der Waals surface area contributed by atoms with Gasteiger partial charge in [-0.25, -0.2) is 0 Å². The number of hydrogen-bond donors (Lipinski definition) is 1. The molecule has 0 saturated carbocycles. The Labute approximate surface area is 99.5 Å². The molecular formula is C13H16F2O2. The van der Waals surface area contributed by atoms with Gasteiger partial charge in [0, 0.05) is 5.56 Å². The van der Waals surface area contributed by atoms with Crippen LogP contribution in [-0.4, -0.2) is 11.7 Å². The molecule has 94 valence electrons. The highest BCUT2D eigenvalue weighted by atomic mass is 19.3. The number of halogens is 2. The third-order valence-electron chi connectivity index (χ3n) is 2.48. The molecule has 1 rings (SSSR count). The molecule has 0 aliphatic rings. The summed E-state index contributed by atoms with van der Waals surface area (Å²) in [6, 6.07) is 6.25. The third kappa shape index (κ3) is 4.15. The van der Waals surface area contributed by atoms with Gasteiger partial charge >= 0.3 is 6.61 Å². The normalized spacial score (nSPS) is 12.5. The van der Waals surface area contributed by atoms with Gasteiger partial charge in [0.25, 0.3) is 0 Å². The van der Waals surface area contributed by atoms with Crippen LogP contribution in [0.3, 0.4) is 0 Å². The topological polar surface area (TPSA) is 29.5 Å². The fourth-order valence-electron chi connectivity index (χ4n) is 1.49. The number of aliphatic hydroxyl groups excluding tert-OH is 1. The zero-order valence-electron chi connectivity index (χ0n) is 9.70. The van der Waals surface area contributed by atoms with Crippen molar-refractivity contribution in [2.45, 2.75) is 32.5 Å². The minimum atomic E-state index is -2.89. The lowest BCUT2D eigenvalue weighted by atomic mass is 10.0. The van der Waals surface area contributed by atoms with Crippen molar-refractivity contribution in [1.82, 2.24) is 0 Å². The van der Waals surface area contributed by atoms with Crippen LogP contribution in [0.25, 0.3) is 0 Å². The molecule has 0 amide bonds. The Bertz CT molecular complexity index is 377. The Kier molecular flexibility index (Phi) is 5.10. The summed E-state index contributed by atoms with van der Waals surface area (Å²) in [4.78, 5) is 0. The molecule has 17 heavy (non-hydrogen) atoms. The molecule has 0 aliphatic carbocycles. The maximum Gasteiger partial charge on any atom is 0.387 e. The van der Waals surface area contributed by atoms with Crippen LogP contribution < -0.4 is 4.74 Å². The van der Waals surface area contributed by atoms with E-state index in [1.54, 1.807) is 18.2 Å². The molecule has 0 aliphatic heterocycles. The Morgan fingerprint density at radius 3 is 2.65 bits per heavy atom. The van der Waals surface area contributed by atoms with Gasteiger partial charge in [0.1, 0.15) is 5.75 Å². The van der Waals surface area contributed by atoms with E-state index in [0.29, 0.717) is 12.0 Å². The van der Waals surface area contributed by atoms with Gasteiger partial charge in [0.2, 0.25) is 0 Å². The van der Waals surface area contributed by atoms with Gasteiger partial charge in [-0.15, -0.1) is 0 Å². The third-order valence-corrected chi connectivity index (χ3v) is 2.48. The van der Waals surface area contributed by atoms with Crippen LogP contribution in [0.4, 0.5) is 8.78 Å². The standard InChI is InChI=1S/C13H16F2O2/c1-3-9(2)8-11(16)10-6-4-5-7-12(10)17-13(14)15/h4-7,11,13,16H,2-3,8H2,1H3. The summed E-state index contributed by atoms with van der Waals surface area (Å²) < 4.78 is 28.7. The fourth-order valence-corrected chi connectivity index (χ4v) is 1.49. The van der Waals surface area contributed by atoms with Crippen molar-refractivity contribution in [2.24, 2.45) is 0 Å². The lowest BCUT2D eigenvalue weighted by molar-refractivity contribution is -0.0515. The molecule has 0 saturated heterocycles. The van der Waals surface area contributed by atoms with E-state index in [-0.39, 0.29) is 5.75 Å². The predicted octanol–water partition coefficient (Wildman–Crippen LogP) is 3.68. The quantitative estimate of drug-likeness (QED) is 0.771. The van der Waals surface area contributed by atoms with Crippen molar-refractivity contribution in [3.8, 4) is 5.75 Å². The molecule has 1 N–H and O–H groups in total. The zero-order valence-corrected chi connectivity index (χ0v) is 9.70. The van der Waals surface area contributed by atoms with Crippen LogP contribution in [0.5, 0.6) is 5.75 Å². The molecule has 1 aromatic rings. The largest absolute Gasteiger partial charge is 0.434 e. The number of rotatable bonds is 6. The summed E-state index contributed by atoms with van der Waals surface area (Å²) in [7, 11) is 0. The first-order chi connectivity index (χ1) is 8.04. The molecule has 0 bridgehead atoms. The molecular weight excluding hydrogens is 226 g/mol. The first-order valence-corrected chi connectivity index (χ1v) is 5.43. The van der Waals surface area contributed by atoms with Crippen molar-refractivity contribution in [3.63, 3.8) is 0 Å². The second kappa shape index (κ2) is 6.35. The van der Waals surface area contributed by atoms with Gasteiger partial charge in [0.05, 0.1) is 6.10 Å². The lowest BCUT2D eigenvalue weighted by Crippen LogP contribution is -2.07. The Morgan fingerprint density at radius 2 is 2.06 bits per heavy atom. The highest BCUT2D eigenvalue weighted by Gasteiger charge is 2.16. The minimum Gasteiger partial charge on any atom is -0.434 e. The number of alkyl halides is 2. The van der Waals surface area contributed by atoms with E-state index in [0.717, 1.165) is 12.0 Å². The highest BCUT2D eigenvalue weighted by Crippen LogP contribution is 2.30. The number of aliphatic hydroxyl groups is 1. The summed E-state index contributed by atoms with van der Waals surface area (Å²) in [5, 5.41) is 9.93. The molecule has 4 heteroatoms. The molecule has 2 nitrogen and oxygen atoms in total. The number of ether oxygens (including phenoxy) is 1. The molecule has 0 aromatic heterocycles. The Balaban J connectivity index is 2.84. The van der Waals surface area contributed by atoms with E-state index in [2.05, 4.69) is 11.3 Å². The van der Waals surface area contributed by atoms with Crippen molar-refractivity contribution in [2.75, 3.05) is 0 Å². The van der Waals surface area contributed by atoms with Gasteiger partial charge < -0.3 is 9.84 Å². The van der Waals surface area contributed by atoms with Crippen molar-refractivity contribution in [1.29, 1.82) is 0 Å². The average molecular weight is 242 g/mol. The molecule has 0 heterocycles. The second-order valence-electron chi connectivity index (χ2n) is 3.74. The molecule has 1 unspecified atom stereocenters. The molecule has 1 atom stereocenters. The summed E-state index contributed by atoms with van der Waals surface area (Å²) in [5.74, 6) is 0.0129. The van der Waals surface area contributed by atoms with Gasteiger partial charge in [-0.2, -0.15) is 8.78 Å². The first kappa shape index (κ1) is 13.6. The van der Waals surface area contributed by atoms with Crippen LogP contribution in [-0.2, 0) is 0 Å². The maximum atomic E-state index is 12.2. The van der Waals surface area contributed by atoms with Crippen molar-refractivity contribution in [3.05, 3.63) is 42.0 Å². The van der Waals surface area contributed by atoms with E-state index in [1.165, 1.54) is 6.07 Å². The van der Waals surface area contributed by atoms with Crippen LogP contribution >= 0.6 is 0 Å². The Morgan fingerprint density at radius 1 is 1.41 bits per heavy atom. The van der Waals surface area contributed by atoms with Crippen LogP contribution in [0.1, 0.15) is 31.4 Å². The predicted molar refractivity (Wildman–Crippen MR) is 62.1 cm³/mol. The lowest BCUT2D eigenvalue weighted by Gasteiger charge is -2.16. The van der Waals surface area contributed by atoms with E-state index in [1.807, 2.05) is 6.92 Å². The summed E-state index contributed by atoms with van der Waals surface area (Å²) in [6.07, 6.45) is 0.229. The Hall–Kier alpha value is -1.42. The van der Waals surface area contributed by atoms with E-state index >= 15 is 0 Å². The summed E-state index contributed by atoms with van der Waals surface area (Å²) >= 11 is 0. The number of para-hydroxylation sites is 1. The van der Waals surface area contributed by atoms with Crippen LogP contribution in [0.15, 0.2) is 36.4 Å². The number of hydrogen-bond acceptors (Lipinski definition) is 2. The summed E-state index contributed by atoms with van der Waals surface area (Å²) in [6.45, 7) is 2.82. The van der Waals surface area contributed by atoms with Gasteiger partial charge in [0.15, 0.2) is 0 Å². The van der Waals surface area contributed by atoms with Crippen LogP contribution in [0.2, 0.25) is 0 Å². The smallest absolute Gasteiger partial charge is 0.387 e. The second-order valence-corrected chi connectivity index (χ2v) is 3.74. The van der Waals surface area contributed by atoms with Gasteiger partial charge in [-0.1, -0.05) is 37.3 Å². The number of benzene rings is 1. The first-order valence-electron chi connectivity index (χ1n) is 5.43. The van der Waals surface area contributed by atoms with E-state index < -0.39 is 12.7 Å². The molecule has 0 fully saturated rings. The SMILES string of the molecule is C=C(CC)CC(O)c1ccccc1OC(F)F. The van der Waals surface area contributed by atoms with Gasteiger partial charge in [-0.3, -0.25) is 0 Å². The highest BCUT2D eigenvalue weighted by molar-refractivity contribution is 5.35. The fraction of sp³-hybridized carbons (Fsp3) is 0.385. The molecule has 0 spiro atoms.